The fraction of sp³-hybridized carbons (Fsp3) is 0.333. The van der Waals surface area contributed by atoms with Crippen LogP contribution in [0.25, 0.3) is 0 Å². The number of rotatable bonds is 8. The van der Waals surface area contributed by atoms with E-state index in [1.165, 1.54) is 28.6 Å². The molecule has 0 unspecified atom stereocenters. The molecule has 3 rings (SSSR count). The Morgan fingerprint density at radius 1 is 0.893 bits per heavy atom. The van der Waals surface area contributed by atoms with Gasteiger partial charge in [-0.25, -0.2) is 21.6 Å². The summed E-state index contributed by atoms with van der Waals surface area (Å²) in [5, 5.41) is 0. The van der Waals surface area contributed by atoms with Crippen LogP contribution < -0.4 is 14.2 Å². The number of ether oxygens (including phenoxy) is 2. The van der Waals surface area contributed by atoms with Gasteiger partial charge in [0.05, 0.1) is 9.79 Å². The van der Waals surface area contributed by atoms with Gasteiger partial charge in [-0.05, 0) is 42.0 Å². The summed E-state index contributed by atoms with van der Waals surface area (Å²) in [7, 11) is -7.43. The summed E-state index contributed by atoms with van der Waals surface area (Å²) in [6.07, 6.45) is 0. The molecule has 0 saturated carbocycles. The molecule has 1 aliphatic rings. The predicted molar refractivity (Wildman–Crippen MR) is 103 cm³/mol. The Kier molecular flexibility index (Phi) is 5.94. The first kappa shape index (κ1) is 20.6. The highest BCUT2D eigenvalue weighted by atomic mass is 32.2. The summed E-state index contributed by atoms with van der Waals surface area (Å²) >= 11 is 0. The molecule has 1 heterocycles. The van der Waals surface area contributed by atoms with Crippen LogP contribution in [0.3, 0.4) is 0 Å². The van der Waals surface area contributed by atoms with Crippen LogP contribution in [0, 0.1) is 0 Å². The van der Waals surface area contributed by atoms with Gasteiger partial charge in [-0.1, -0.05) is 19.9 Å². The lowest BCUT2D eigenvalue weighted by atomic mass is 10.2. The summed E-state index contributed by atoms with van der Waals surface area (Å²) in [5.41, 5.74) is 0.716. The number of sulfonamides is 2. The molecule has 28 heavy (non-hydrogen) atoms. The van der Waals surface area contributed by atoms with Gasteiger partial charge < -0.3 is 9.47 Å². The molecule has 8 nitrogen and oxygen atoms in total. The van der Waals surface area contributed by atoms with E-state index in [1.54, 1.807) is 32.0 Å². The van der Waals surface area contributed by atoms with Crippen molar-refractivity contribution in [3.05, 3.63) is 48.0 Å². The van der Waals surface area contributed by atoms with E-state index < -0.39 is 20.0 Å². The monoisotopic (exact) mass is 426 g/mol. The van der Waals surface area contributed by atoms with Gasteiger partial charge in [-0.3, -0.25) is 0 Å². The summed E-state index contributed by atoms with van der Waals surface area (Å²) in [6, 6.07) is 10.4. The molecule has 0 amide bonds. The molecule has 0 aromatic heterocycles. The topological polar surface area (TPSA) is 102 Å². The molecular weight excluding hydrogens is 404 g/mol. The first-order chi connectivity index (χ1) is 13.3. The number of hydrogen-bond donors (Lipinski definition) is 1. The van der Waals surface area contributed by atoms with Crippen molar-refractivity contribution >= 4 is 20.0 Å². The summed E-state index contributed by atoms with van der Waals surface area (Å²) in [4.78, 5) is 0.0534. The Balaban J connectivity index is 1.73. The van der Waals surface area contributed by atoms with E-state index in [-0.39, 0.29) is 23.1 Å². The third-order valence-electron chi connectivity index (χ3n) is 4.38. The maximum atomic E-state index is 12.5. The fourth-order valence-electron chi connectivity index (χ4n) is 2.82. The highest BCUT2D eigenvalue weighted by molar-refractivity contribution is 7.89. The Bertz CT molecular complexity index is 1050. The summed E-state index contributed by atoms with van der Waals surface area (Å²) < 4.78 is 64.4. The molecule has 0 aliphatic carbocycles. The lowest BCUT2D eigenvalue weighted by Gasteiger charge is -2.18. The van der Waals surface area contributed by atoms with Gasteiger partial charge in [-0.15, -0.1) is 0 Å². The smallest absolute Gasteiger partial charge is 0.243 e. The third kappa shape index (κ3) is 4.14. The lowest BCUT2D eigenvalue weighted by Crippen LogP contribution is -2.30. The van der Waals surface area contributed by atoms with Crippen LogP contribution in [0.2, 0.25) is 0 Å². The first-order valence-electron chi connectivity index (χ1n) is 8.76. The van der Waals surface area contributed by atoms with Gasteiger partial charge in [0.15, 0.2) is 11.5 Å². The van der Waals surface area contributed by atoms with Crippen molar-refractivity contribution in [1.82, 2.24) is 9.03 Å². The van der Waals surface area contributed by atoms with Gasteiger partial charge in [-0.2, -0.15) is 4.31 Å². The molecule has 2 aromatic rings. The van der Waals surface area contributed by atoms with Crippen molar-refractivity contribution < 1.29 is 26.3 Å². The summed E-state index contributed by atoms with van der Waals surface area (Å²) in [6.45, 7) is 4.40. The number of nitrogens with one attached hydrogen (secondary N) is 1. The van der Waals surface area contributed by atoms with Gasteiger partial charge in [0.1, 0.15) is 0 Å². The van der Waals surface area contributed by atoms with Crippen LogP contribution in [0.1, 0.15) is 19.4 Å². The predicted octanol–water partition coefficient (Wildman–Crippen LogP) is 1.92. The highest BCUT2D eigenvalue weighted by Crippen LogP contribution is 2.32. The Morgan fingerprint density at radius 3 is 2.14 bits per heavy atom. The second-order valence-electron chi connectivity index (χ2n) is 6.07. The maximum absolute atomic E-state index is 12.5. The molecule has 0 fully saturated rings. The first-order valence-corrected chi connectivity index (χ1v) is 11.7. The van der Waals surface area contributed by atoms with Crippen molar-refractivity contribution in [2.24, 2.45) is 0 Å². The van der Waals surface area contributed by atoms with E-state index in [9.17, 15) is 16.8 Å². The molecule has 0 atom stereocenters. The van der Waals surface area contributed by atoms with Crippen LogP contribution in [0.4, 0.5) is 0 Å². The van der Waals surface area contributed by atoms with E-state index in [0.717, 1.165) is 0 Å². The van der Waals surface area contributed by atoms with E-state index in [0.29, 0.717) is 30.2 Å². The second kappa shape index (κ2) is 8.08. The Hall–Kier alpha value is -2.14. The van der Waals surface area contributed by atoms with Crippen molar-refractivity contribution in [3.63, 3.8) is 0 Å². The number of benzene rings is 2. The van der Waals surface area contributed by atoms with Crippen LogP contribution >= 0.6 is 0 Å². The van der Waals surface area contributed by atoms with Crippen LogP contribution in [0.5, 0.6) is 11.5 Å². The zero-order valence-electron chi connectivity index (χ0n) is 15.6. The zero-order valence-corrected chi connectivity index (χ0v) is 17.2. The lowest BCUT2D eigenvalue weighted by molar-refractivity contribution is 0.174. The van der Waals surface area contributed by atoms with Crippen molar-refractivity contribution in [2.45, 2.75) is 30.2 Å². The van der Waals surface area contributed by atoms with Crippen molar-refractivity contribution in [2.75, 3.05) is 19.9 Å². The molecule has 0 saturated heterocycles. The SMILES string of the molecule is CCN(CC)S(=O)(=O)c1ccc(S(=O)(=O)NCc2ccc3c(c2)OCO3)cc1. The minimum atomic E-state index is -3.80. The average molecular weight is 427 g/mol. The normalized spacial score (nSPS) is 13.8. The molecule has 0 radical (unpaired) electrons. The van der Waals surface area contributed by atoms with Crippen molar-refractivity contribution in [1.29, 1.82) is 0 Å². The minimum Gasteiger partial charge on any atom is -0.454 e. The van der Waals surface area contributed by atoms with Gasteiger partial charge in [0.25, 0.3) is 0 Å². The Morgan fingerprint density at radius 2 is 1.50 bits per heavy atom. The largest absolute Gasteiger partial charge is 0.454 e. The third-order valence-corrected chi connectivity index (χ3v) is 7.86. The van der Waals surface area contributed by atoms with Gasteiger partial charge in [0, 0.05) is 19.6 Å². The molecule has 1 aliphatic heterocycles. The van der Waals surface area contributed by atoms with E-state index >= 15 is 0 Å². The molecule has 0 spiro atoms. The quantitative estimate of drug-likeness (QED) is 0.692. The number of nitrogens with zero attached hydrogens (tertiary/aromatic N) is 1. The van der Waals surface area contributed by atoms with E-state index in [1.807, 2.05) is 0 Å². The van der Waals surface area contributed by atoms with Crippen LogP contribution in [-0.4, -0.2) is 41.0 Å². The average Bonchev–Trinajstić information content (AvgIpc) is 3.15. The number of fused-ring (bicyclic) bond motifs is 1. The molecule has 1 N–H and O–H groups in total. The fourth-order valence-corrected chi connectivity index (χ4v) is 5.29. The van der Waals surface area contributed by atoms with Gasteiger partial charge in [0.2, 0.25) is 26.8 Å². The van der Waals surface area contributed by atoms with Crippen LogP contribution in [-0.2, 0) is 26.6 Å². The van der Waals surface area contributed by atoms with E-state index in [2.05, 4.69) is 4.72 Å². The maximum Gasteiger partial charge on any atom is 0.243 e. The summed E-state index contributed by atoms with van der Waals surface area (Å²) in [5.74, 6) is 1.19. The number of hydrogen-bond acceptors (Lipinski definition) is 6. The molecule has 2 aromatic carbocycles. The second-order valence-corrected chi connectivity index (χ2v) is 9.78. The molecule has 10 heteroatoms. The minimum absolute atomic E-state index is 0.00765. The standard InChI is InChI=1S/C18H22N2O6S2/c1-3-20(4-2)28(23,24)16-8-6-15(7-9-16)27(21,22)19-12-14-5-10-17-18(11-14)26-13-25-17/h5-11,19H,3-4,12-13H2,1-2H3. The zero-order chi connectivity index (χ0) is 20.4. The van der Waals surface area contributed by atoms with Crippen molar-refractivity contribution in [3.8, 4) is 11.5 Å². The molecule has 0 bridgehead atoms. The molecular formula is C18H22N2O6S2. The molecule has 152 valence electrons. The highest BCUT2D eigenvalue weighted by Gasteiger charge is 2.23. The Labute approximate surface area is 165 Å². The van der Waals surface area contributed by atoms with E-state index in [4.69, 9.17) is 9.47 Å². The van der Waals surface area contributed by atoms with Crippen LogP contribution in [0.15, 0.2) is 52.3 Å². The van der Waals surface area contributed by atoms with Gasteiger partial charge >= 0.3 is 0 Å².